The zero-order valence-electron chi connectivity index (χ0n) is 64.3. The molecule has 0 aliphatic rings. The molecule has 0 aliphatic carbocycles. The van der Waals surface area contributed by atoms with Crippen molar-refractivity contribution in [2.75, 3.05) is 0 Å². The number of phenols is 3. The average molecular weight is 1490 g/mol. The van der Waals surface area contributed by atoms with Crippen molar-refractivity contribution in [3.63, 3.8) is 0 Å². The first-order chi connectivity index (χ1) is 50.4. The van der Waals surface area contributed by atoms with Gasteiger partial charge in [0.15, 0.2) is 5.78 Å². The number of hydrogen-bond donors (Lipinski definition) is 6. The van der Waals surface area contributed by atoms with Crippen LogP contribution < -0.4 is 0 Å². The molecule has 0 atom stereocenters. The van der Waals surface area contributed by atoms with E-state index >= 15 is 0 Å². The molecule has 0 radical (unpaired) electrons. The highest BCUT2D eigenvalue weighted by Crippen LogP contribution is 2.57. The Morgan fingerprint density at radius 1 is 0.303 bits per heavy atom. The summed E-state index contributed by atoms with van der Waals surface area (Å²) in [4.78, 5) is 33.9. The maximum atomic E-state index is 13.9. The van der Waals surface area contributed by atoms with E-state index in [1.807, 2.05) is 119 Å². The minimum absolute atomic E-state index is 0. The molecule has 0 aliphatic heterocycles. The molecule has 109 heavy (non-hydrogen) atoms. The summed E-state index contributed by atoms with van der Waals surface area (Å²) in [6, 6.07) is 58.6. The number of Topliss-reactive ketones (excluding diaryl/α,β-unsaturated/α-hetero) is 1. The number of carboxylic acids is 2. The molecule has 0 saturated heterocycles. The Balaban J connectivity index is 0.000000238. The van der Waals surface area contributed by atoms with Crippen molar-refractivity contribution in [1.29, 1.82) is 0 Å². The highest BCUT2D eigenvalue weighted by molar-refractivity contribution is 5.95. The van der Waals surface area contributed by atoms with E-state index in [2.05, 4.69) is 110 Å². The first-order valence-electron chi connectivity index (χ1n) is 35.0. The summed E-state index contributed by atoms with van der Waals surface area (Å²) in [7, 11) is 0. The smallest absolute Gasteiger partial charge is 0.411 e. The zero-order valence-corrected chi connectivity index (χ0v) is 64.3. The summed E-state index contributed by atoms with van der Waals surface area (Å²) in [6.07, 6.45) is -10.0. The summed E-state index contributed by atoms with van der Waals surface area (Å²) in [5.74, 6) is -1.40. The maximum Gasteiger partial charge on any atom is 0.411 e. The fourth-order valence-electron chi connectivity index (χ4n) is 12.3. The number of halogens is 6. The molecule has 0 spiro atoms. The van der Waals surface area contributed by atoms with Gasteiger partial charge in [-0.2, -0.15) is 26.3 Å². The number of aromatic hydroxyl groups is 3. The second-order valence-corrected chi connectivity index (χ2v) is 27.9. The highest BCUT2D eigenvalue weighted by Gasteiger charge is 2.72. The normalized spacial score (nSPS) is 10.9. The van der Waals surface area contributed by atoms with Gasteiger partial charge in [-0.3, -0.25) is 4.79 Å². The van der Waals surface area contributed by atoms with E-state index in [1.165, 1.54) is 64.4 Å². The van der Waals surface area contributed by atoms with Crippen LogP contribution in [0, 0.1) is 111 Å². The minimum Gasteiger partial charge on any atom is -0.508 e. The van der Waals surface area contributed by atoms with Crippen LogP contribution in [0.1, 0.15) is 173 Å². The van der Waals surface area contributed by atoms with E-state index in [-0.39, 0.29) is 30.3 Å². The van der Waals surface area contributed by atoms with Gasteiger partial charge in [0.05, 0.1) is 11.1 Å². The van der Waals surface area contributed by atoms with E-state index in [0.717, 1.165) is 108 Å². The van der Waals surface area contributed by atoms with Crippen molar-refractivity contribution >= 4 is 23.5 Å². The van der Waals surface area contributed by atoms with Crippen molar-refractivity contribution in [3.05, 3.63) is 351 Å². The number of hydrogen-bond acceptors (Lipinski definition) is 7. The number of ketones is 1. The van der Waals surface area contributed by atoms with E-state index in [0.29, 0.717) is 52.7 Å². The summed E-state index contributed by atoms with van der Waals surface area (Å²) in [5.41, 5.74) is 19.8. The van der Waals surface area contributed by atoms with Crippen molar-refractivity contribution in [3.8, 4) is 39.5 Å². The molecule has 11 aromatic carbocycles. The highest BCUT2D eigenvalue weighted by atomic mass is 19.4. The number of benzene rings is 11. The Labute approximate surface area is 638 Å². The van der Waals surface area contributed by atoms with Gasteiger partial charge in [-0.25, -0.2) is 9.59 Å². The summed E-state index contributed by atoms with van der Waals surface area (Å²) in [6.45, 7) is 35.4. The number of aromatic carboxylic acids is 2. The van der Waals surface area contributed by atoms with Gasteiger partial charge in [-0.1, -0.05) is 182 Å². The van der Waals surface area contributed by atoms with Gasteiger partial charge in [0.2, 0.25) is 5.41 Å². The quantitative estimate of drug-likeness (QED) is 0.0395. The number of aliphatic hydroxyl groups is 1. The van der Waals surface area contributed by atoms with Crippen molar-refractivity contribution in [1.82, 2.24) is 0 Å². The minimum atomic E-state index is -5.63. The third-order valence-electron chi connectivity index (χ3n) is 19.0. The lowest BCUT2D eigenvalue weighted by Gasteiger charge is -2.38. The average Bonchev–Trinajstić information content (AvgIpc) is 0.713. The molecule has 0 heterocycles. The molecule has 0 bridgehead atoms. The molecule has 0 saturated carbocycles. The number of aliphatic hydroxyl groups excluding tert-OH is 1. The van der Waals surface area contributed by atoms with Crippen LogP contribution >= 0.6 is 0 Å². The lowest BCUT2D eigenvalue weighted by atomic mass is 9.72. The first kappa shape index (κ1) is 88.2. The topological polar surface area (TPSA) is 173 Å². The van der Waals surface area contributed by atoms with Crippen molar-refractivity contribution < 1.29 is 71.4 Å². The van der Waals surface area contributed by atoms with Crippen molar-refractivity contribution in [2.24, 2.45) is 0 Å². The SMILES string of the molecule is C.C=C(O)c1cc(Cc2ccc(C)c(C(=O)O)c2)ccc1C.CC(=O)c1cc(Cc2ccc(C)c(C(=O)O)c2)ccc1C.Cc1cc(C)cc(C)c1.Cc1ccc(-c2ccc(C)c(O)c2)cc1C.Cc1ccc(-c2ccc(O)c(C)c2)cc1C.Cc1ccc(C(c2ccc(O)c(C)c2)(C(F)(F)F)C(F)(F)F)cc1C. The van der Waals surface area contributed by atoms with Gasteiger partial charge in [0.1, 0.15) is 23.0 Å². The van der Waals surface area contributed by atoms with Crippen LogP contribution in [-0.2, 0) is 18.3 Å². The molecule has 11 aromatic rings. The number of rotatable bonds is 12. The number of phenolic OH excluding ortho intramolecular Hbond substituents is 3. The van der Waals surface area contributed by atoms with Crippen LogP contribution in [0.4, 0.5) is 26.3 Å². The maximum absolute atomic E-state index is 13.9. The second-order valence-electron chi connectivity index (χ2n) is 27.9. The van der Waals surface area contributed by atoms with E-state index in [4.69, 9.17) is 10.2 Å². The van der Waals surface area contributed by atoms with Crippen LogP contribution in [0.3, 0.4) is 0 Å². The van der Waals surface area contributed by atoms with Gasteiger partial charge >= 0.3 is 24.3 Å². The molecule has 0 fully saturated rings. The standard InChI is InChI=1S/C18H16F6O.2C18H18O3.2C15H16O.C9H12.CH4/c1-10-4-5-13(8-11(10)2)16(17(19,20)21,18(22,23)24)14-6-7-15(25)12(3)9-14;2*1-11-4-6-14(9-16(11)13(3)19)8-15-7-5-12(2)17(10-15)18(20)21;1-10-4-6-13(8-12(10)3)14-7-5-11(2)15(16)9-14;1-10-4-5-13(8-11(10)2)14-6-7-15(16)12(3)9-14;1-7-4-8(2)6-9(3)5-7;/h4-9,25H,1-3H3;4-7,9-10H,8H2,1-3H3,(H,20,21);4-7,9-10,19H,3,8H2,1-2H3,(H,20,21);2*4-9,16H,1-3H3;4-6H,1-3H3;1H4. The van der Waals surface area contributed by atoms with Crippen LogP contribution in [0.15, 0.2) is 207 Å². The fraction of sp³-hybridized carbons (Fsp3) is 0.245. The first-order valence-corrected chi connectivity index (χ1v) is 35.0. The molecular weight excluding hydrogens is 1390 g/mol. The number of carbonyl (C=O) groups excluding carboxylic acids is 1. The lowest BCUT2D eigenvalue weighted by molar-refractivity contribution is -0.288. The van der Waals surface area contributed by atoms with Gasteiger partial charge in [0.25, 0.3) is 0 Å². The molecular formula is C94H100F6O9. The number of carboxylic acid groups (broad SMARTS) is 2. The number of alkyl halides is 6. The largest absolute Gasteiger partial charge is 0.508 e. The molecule has 0 unspecified atom stereocenters. The van der Waals surface area contributed by atoms with Crippen LogP contribution in [0.2, 0.25) is 0 Å². The van der Waals surface area contributed by atoms with Gasteiger partial charge < -0.3 is 30.6 Å². The van der Waals surface area contributed by atoms with Gasteiger partial charge in [-0.05, 0) is 307 Å². The molecule has 0 aromatic heterocycles. The lowest BCUT2D eigenvalue weighted by Crippen LogP contribution is -2.54. The predicted octanol–water partition coefficient (Wildman–Crippen LogP) is 24.9. The van der Waals surface area contributed by atoms with Gasteiger partial charge in [-0.15, -0.1) is 0 Å². The molecule has 11 rings (SSSR count). The molecule has 15 heteroatoms. The Morgan fingerprint density at radius 3 is 0.908 bits per heavy atom. The molecule has 572 valence electrons. The summed E-state index contributed by atoms with van der Waals surface area (Å²) >= 11 is 0. The Kier molecular flexibility index (Phi) is 30.6. The third kappa shape index (κ3) is 23.3. The fourth-order valence-corrected chi connectivity index (χ4v) is 12.3. The Bertz CT molecular complexity index is 4530. The monoisotopic (exact) mass is 1490 g/mol. The van der Waals surface area contributed by atoms with Crippen LogP contribution in [0.5, 0.6) is 17.2 Å². The molecule has 0 amide bonds. The molecule has 9 nitrogen and oxygen atoms in total. The van der Waals surface area contributed by atoms with Crippen LogP contribution in [0.25, 0.3) is 28.0 Å². The second kappa shape index (κ2) is 37.9. The predicted molar refractivity (Wildman–Crippen MR) is 430 cm³/mol. The van der Waals surface area contributed by atoms with E-state index in [1.54, 1.807) is 45.9 Å². The summed E-state index contributed by atoms with van der Waals surface area (Å²) < 4.78 is 83.5. The number of aryl methyl sites for hydroxylation is 16. The van der Waals surface area contributed by atoms with E-state index < -0.39 is 40.8 Å². The summed E-state index contributed by atoms with van der Waals surface area (Å²) in [5, 5.41) is 56.6. The molecule has 6 N–H and O–H groups in total. The van der Waals surface area contributed by atoms with E-state index in [9.17, 15) is 61.2 Å². The number of carbonyl (C=O) groups is 3. The Hall–Kier alpha value is -11.5. The third-order valence-corrected chi connectivity index (χ3v) is 19.0. The van der Waals surface area contributed by atoms with Crippen LogP contribution in [-0.4, -0.2) is 60.7 Å². The van der Waals surface area contributed by atoms with Gasteiger partial charge in [0, 0.05) is 11.1 Å². The Morgan fingerprint density at radius 2 is 0.578 bits per heavy atom. The zero-order chi connectivity index (χ0) is 80.6. The van der Waals surface area contributed by atoms with Crippen molar-refractivity contribution in [2.45, 2.75) is 156 Å².